The molecule has 1 saturated carbocycles. The quantitative estimate of drug-likeness (QED) is 0.512. The lowest BCUT2D eigenvalue weighted by molar-refractivity contribution is -0.0878. The number of aromatic amines is 1. The zero-order valence-corrected chi connectivity index (χ0v) is 17.1. The van der Waals surface area contributed by atoms with Crippen LogP contribution in [0, 0.1) is 0 Å². The smallest absolute Gasteiger partial charge is 0.351 e. The van der Waals surface area contributed by atoms with Gasteiger partial charge in [0.1, 0.15) is 11.2 Å². The zero-order valence-electron chi connectivity index (χ0n) is 17.1. The van der Waals surface area contributed by atoms with Crippen molar-refractivity contribution >= 4 is 22.7 Å². The van der Waals surface area contributed by atoms with Gasteiger partial charge in [0.25, 0.3) is 5.56 Å². The van der Waals surface area contributed by atoms with E-state index in [1.165, 1.54) is 18.3 Å². The lowest BCUT2D eigenvalue weighted by atomic mass is 9.92. The summed E-state index contributed by atoms with van der Waals surface area (Å²) in [5.74, 6) is 0.633. The monoisotopic (exact) mass is 434 g/mol. The molecule has 166 valence electrons. The number of alkyl halides is 3. The van der Waals surface area contributed by atoms with Gasteiger partial charge >= 0.3 is 6.18 Å². The predicted molar refractivity (Wildman–Crippen MR) is 116 cm³/mol. The highest BCUT2D eigenvalue weighted by Crippen LogP contribution is 2.25. The first-order valence-electron chi connectivity index (χ1n) is 9.93. The lowest BCUT2D eigenvalue weighted by Crippen LogP contribution is -2.33. The number of hydrogen-bond acceptors (Lipinski definition) is 6. The van der Waals surface area contributed by atoms with E-state index in [-0.39, 0.29) is 28.8 Å². The van der Waals surface area contributed by atoms with Crippen molar-refractivity contribution in [1.29, 1.82) is 0 Å². The molecule has 0 unspecified atom stereocenters. The molecule has 3 rings (SSSR count). The molecule has 0 bridgehead atoms. The van der Waals surface area contributed by atoms with Crippen molar-refractivity contribution < 1.29 is 13.2 Å². The van der Waals surface area contributed by atoms with Gasteiger partial charge in [-0.3, -0.25) is 4.79 Å². The van der Waals surface area contributed by atoms with Crippen molar-refractivity contribution in [2.75, 3.05) is 10.6 Å². The summed E-state index contributed by atoms with van der Waals surface area (Å²) in [6.45, 7) is 4.64. The van der Waals surface area contributed by atoms with E-state index in [1.54, 1.807) is 13.0 Å². The highest BCUT2D eigenvalue weighted by molar-refractivity contribution is 5.89. The second-order valence-electron chi connectivity index (χ2n) is 7.58. The summed E-state index contributed by atoms with van der Waals surface area (Å²) >= 11 is 0. The van der Waals surface area contributed by atoms with E-state index >= 15 is 0 Å². The van der Waals surface area contributed by atoms with E-state index in [2.05, 4.69) is 32.2 Å². The van der Waals surface area contributed by atoms with Crippen LogP contribution in [0.15, 0.2) is 53.1 Å². The number of pyridine rings is 1. The summed E-state index contributed by atoms with van der Waals surface area (Å²) in [6, 6.07) is 2.05. The topological polar surface area (TPSA) is 109 Å². The summed E-state index contributed by atoms with van der Waals surface area (Å²) in [4.78, 5) is 23.8. The van der Waals surface area contributed by atoms with Crippen LogP contribution >= 0.6 is 0 Å². The van der Waals surface area contributed by atoms with Crippen molar-refractivity contribution in [3.63, 3.8) is 0 Å². The van der Waals surface area contributed by atoms with Gasteiger partial charge in [0.05, 0.1) is 5.52 Å². The molecule has 1 aliphatic rings. The standard InChI is InChI=1S/C21H25F3N6O/c1-12(21(22,23)24)4-3-5-13(2)27-18-17-16(10-11-26-19(17)31)29-20(30-18)28-15-8-6-14(25)7-9-15/h3-5,10-11,14-15H,1,6-9,25H2,2H3,(H,26,31)(H2,27,28,29,30)/b4-3-,13-5+. The molecule has 31 heavy (non-hydrogen) atoms. The fourth-order valence-electron chi connectivity index (χ4n) is 3.32. The number of halogens is 3. The number of H-pyrrole nitrogens is 1. The van der Waals surface area contributed by atoms with Gasteiger partial charge in [-0.15, -0.1) is 0 Å². The normalized spacial score (nSPS) is 20.2. The van der Waals surface area contributed by atoms with Gasteiger partial charge in [0.15, 0.2) is 0 Å². The van der Waals surface area contributed by atoms with Crippen LogP contribution in [0.4, 0.5) is 24.9 Å². The van der Waals surface area contributed by atoms with Crippen molar-refractivity contribution in [1.82, 2.24) is 15.0 Å². The molecule has 0 spiro atoms. The first-order valence-corrected chi connectivity index (χ1v) is 9.93. The van der Waals surface area contributed by atoms with E-state index in [4.69, 9.17) is 5.73 Å². The van der Waals surface area contributed by atoms with Crippen LogP contribution in [-0.4, -0.2) is 33.2 Å². The third-order valence-corrected chi connectivity index (χ3v) is 5.05. The first-order chi connectivity index (χ1) is 14.6. The maximum atomic E-state index is 12.5. The summed E-state index contributed by atoms with van der Waals surface area (Å²) in [7, 11) is 0. The largest absolute Gasteiger partial charge is 0.415 e. The van der Waals surface area contributed by atoms with Crippen LogP contribution in [0.2, 0.25) is 0 Å². The Kier molecular flexibility index (Phi) is 6.79. The van der Waals surface area contributed by atoms with Gasteiger partial charge in [0.2, 0.25) is 5.95 Å². The van der Waals surface area contributed by atoms with Gasteiger partial charge in [-0.2, -0.15) is 18.2 Å². The molecule has 2 heterocycles. The molecule has 1 aliphatic carbocycles. The molecule has 10 heteroatoms. The Morgan fingerprint density at radius 1 is 1.29 bits per heavy atom. The van der Waals surface area contributed by atoms with Crippen LogP contribution in [0.5, 0.6) is 0 Å². The third-order valence-electron chi connectivity index (χ3n) is 5.05. The highest BCUT2D eigenvalue weighted by atomic mass is 19.4. The number of rotatable bonds is 6. The van der Waals surface area contributed by atoms with Crippen LogP contribution in [0.1, 0.15) is 32.6 Å². The maximum Gasteiger partial charge on any atom is 0.415 e. The number of fused-ring (bicyclic) bond motifs is 1. The number of hydrogen-bond donors (Lipinski definition) is 4. The lowest BCUT2D eigenvalue weighted by Gasteiger charge is -2.27. The molecular weight excluding hydrogens is 409 g/mol. The van der Waals surface area contributed by atoms with Crippen molar-refractivity contribution in [3.8, 4) is 0 Å². The third kappa shape index (κ3) is 5.94. The molecule has 0 atom stereocenters. The van der Waals surface area contributed by atoms with E-state index in [0.29, 0.717) is 17.2 Å². The highest BCUT2D eigenvalue weighted by Gasteiger charge is 2.29. The fraction of sp³-hybridized carbons (Fsp3) is 0.381. The minimum Gasteiger partial charge on any atom is -0.351 e. The van der Waals surface area contributed by atoms with E-state index in [1.807, 2.05) is 0 Å². The molecule has 2 aromatic heterocycles. The van der Waals surface area contributed by atoms with Crippen molar-refractivity contribution in [3.05, 3.63) is 58.7 Å². The second-order valence-corrected chi connectivity index (χ2v) is 7.58. The van der Waals surface area contributed by atoms with Crippen molar-refractivity contribution in [2.24, 2.45) is 5.73 Å². The van der Waals surface area contributed by atoms with Crippen LogP contribution in [0.25, 0.3) is 10.9 Å². The molecule has 0 radical (unpaired) electrons. The molecular formula is C21H25F3N6O. The summed E-state index contributed by atoms with van der Waals surface area (Å²) in [5, 5.41) is 6.55. The van der Waals surface area contributed by atoms with Gasteiger partial charge in [-0.25, -0.2) is 4.98 Å². The Morgan fingerprint density at radius 2 is 2.00 bits per heavy atom. The molecule has 1 fully saturated rings. The Hall–Kier alpha value is -3.14. The number of nitrogens with two attached hydrogens (primary N) is 1. The second kappa shape index (κ2) is 9.34. The predicted octanol–water partition coefficient (Wildman–Crippen LogP) is 3.99. The minimum absolute atomic E-state index is 0.181. The Bertz CT molecular complexity index is 1060. The Balaban J connectivity index is 1.85. The average Bonchev–Trinajstić information content (AvgIpc) is 2.69. The molecule has 5 N–H and O–H groups in total. The molecule has 0 aliphatic heterocycles. The summed E-state index contributed by atoms with van der Waals surface area (Å²) in [6.07, 6.45) is 4.18. The van der Waals surface area contributed by atoms with Gasteiger partial charge in [-0.05, 0) is 44.7 Å². The fourth-order valence-corrected chi connectivity index (χ4v) is 3.32. The Labute approximate surface area is 177 Å². The minimum atomic E-state index is -4.48. The van der Waals surface area contributed by atoms with E-state index < -0.39 is 11.7 Å². The summed E-state index contributed by atoms with van der Waals surface area (Å²) < 4.78 is 37.6. The van der Waals surface area contributed by atoms with Crippen LogP contribution in [0.3, 0.4) is 0 Å². The number of nitrogens with one attached hydrogen (secondary N) is 3. The number of aromatic nitrogens is 3. The SMILES string of the molecule is C=C(/C=C\C=C(/C)Nc1nc(NC2CCC(N)CC2)nc2cc[nH]c(=O)c12)C(F)(F)F. The Morgan fingerprint density at radius 3 is 2.68 bits per heavy atom. The van der Waals surface area contributed by atoms with Gasteiger partial charge in [0, 0.05) is 29.6 Å². The van der Waals surface area contributed by atoms with Crippen LogP contribution < -0.4 is 21.9 Å². The zero-order chi connectivity index (χ0) is 22.6. The van der Waals surface area contributed by atoms with Crippen LogP contribution in [-0.2, 0) is 0 Å². The number of allylic oxidation sites excluding steroid dienone is 5. The maximum absolute atomic E-state index is 12.5. The molecule has 2 aromatic rings. The number of anilines is 2. The molecule has 0 saturated heterocycles. The van der Waals surface area contributed by atoms with Gasteiger partial charge < -0.3 is 21.4 Å². The number of nitrogens with zero attached hydrogens (tertiary/aromatic N) is 2. The summed E-state index contributed by atoms with van der Waals surface area (Å²) in [5.41, 5.74) is 5.56. The molecule has 0 aromatic carbocycles. The van der Waals surface area contributed by atoms with E-state index in [0.717, 1.165) is 31.8 Å². The molecule has 7 nitrogen and oxygen atoms in total. The average molecular weight is 434 g/mol. The first kappa shape index (κ1) is 22.5. The van der Waals surface area contributed by atoms with Gasteiger partial charge in [-0.1, -0.05) is 18.7 Å². The van der Waals surface area contributed by atoms with E-state index in [9.17, 15) is 18.0 Å². The van der Waals surface area contributed by atoms with Crippen molar-refractivity contribution in [2.45, 2.75) is 50.9 Å². The molecule has 0 amide bonds.